The monoisotopic (exact) mass is 495 g/mol. The van der Waals surface area contributed by atoms with Gasteiger partial charge in [-0.05, 0) is 60.7 Å². The van der Waals surface area contributed by atoms with Crippen molar-refractivity contribution in [2.75, 3.05) is 11.1 Å². The predicted molar refractivity (Wildman–Crippen MR) is 137 cm³/mol. The van der Waals surface area contributed by atoms with E-state index in [-0.39, 0.29) is 11.7 Å². The summed E-state index contributed by atoms with van der Waals surface area (Å²) in [4.78, 5) is 16.8. The lowest BCUT2D eigenvalue weighted by molar-refractivity contribution is -0.113. The van der Waals surface area contributed by atoms with Gasteiger partial charge in [-0.15, -0.1) is 10.2 Å². The van der Waals surface area contributed by atoms with Crippen LogP contribution in [0.5, 0.6) is 0 Å². The normalized spacial score (nSPS) is 11.1. The Morgan fingerprint density at radius 1 is 0.917 bits per heavy atom. The average molecular weight is 496 g/mol. The number of carbonyl (C=O) groups is 1. The fourth-order valence-electron chi connectivity index (χ4n) is 3.35. The summed E-state index contributed by atoms with van der Waals surface area (Å²) >= 11 is 1.30. The van der Waals surface area contributed by atoms with Gasteiger partial charge in [0, 0.05) is 23.6 Å². The molecule has 0 spiro atoms. The number of azo groups is 1. The Morgan fingerprint density at radius 2 is 1.72 bits per heavy atom. The van der Waals surface area contributed by atoms with Crippen LogP contribution in [-0.4, -0.2) is 31.4 Å². The number of hydrogen-bond acceptors (Lipinski definition) is 8. The third-order valence-electron chi connectivity index (χ3n) is 5.05. The zero-order chi connectivity index (χ0) is 24.6. The first-order valence-corrected chi connectivity index (χ1v) is 12.1. The molecule has 0 unspecified atom stereocenters. The number of rotatable bonds is 9. The molecule has 178 valence electrons. The molecule has 36 heavy (non-hydrogen) atoms. The fraction of sp³-hybridized carbons (Fsp3) is 0.0769. The van der Waals surface area contributed by atoms with Gasteiger partial charge in [-0.1, -0.05) is 30.0 Å². The number of nitrogens with zero attached hydrogens (tertiary/aromatic N) is 6. The third-order valence-corrected chi connectivity index (χ3v) is 6.02. The maximum atomic E-state index is 12.6. The summed E-state index contributed by atoms with van der Waals surface area (Å²) in [7, 11) is 0. The van der Waals surface area contributed by atoms with Crippen LogP contribution in [-0.2, 0) is 11.3 Å². The number of benzene rings is 2. The van der Waals surface area contributed by atoms with Crippen molar-refractivity contribution < 1.29 is 9.21 Å². The van der Waals surface area contributed by atoms with Crippen LogP contribution in [0.1, 0.15) is 5.76 Å². The van der Waals surface area contributed by atoms with E-state index in [1.165, 1.54) is 11.8 Å². The van der Waals surface area contributed by atoms with Crippen molar-refractivity contribution in [1.82, 2.24) is 19.7 Å². The van der Waals surface area contributed by atoms with Gasteiger partial charge in [0.2, 0.25) is 5.91 Å². The number of carbonyl (C=O) groups excluding carboxylic acids is 1. The fourth-order valence-corrected chi connectivity index (χ4v) is 4.09. The standard InChI is InChI=1S/C26H21N7O2S/c34-24(28-20-10-12-22(13-11-20)30-29-21-7-2-1-3-8-21)18-36-26-32-31-25(19-6-4-14-27-16-19)33(26)17-23-9-5-15-35-23/h1-16H,17-18H2,(H,28,34). The Balaban J connectivity index is 1.23. The second-order valence-electron chi connectivity index (χ2n) is 7.63. The van der Waals surface area contributed by atoms with Crippen molar-refractivity contribution in [2.24, 2.45) is 10.2 Å². The maximum absolute atomic E-state index is 12.6. The van der Waals surface area contributed by atoms with E-state index >= 15 is 0 Å². The van der Waals surface area contributed by atoms with Crippen LogP contribution < -0.4 is 5.32 Å². The third kappa shape index (κ3) is 5.91. The molecule has 0 aliphatic rings. The maximum Gasteiger partial charge on any atom is 0.234 e. The topological polar surface area (TPSA) is 111 Å². The summed E-state index contributed by atoms with van der Waals surface area (Å²) in [6, 6.07) is 24.2. The van der Waals surface area contributed by atoms with Crippen LogP contribution in [0.4, 0.5) is 17.1 Å². The van der Waals surface area contributed by atoms with Gasteiger partial charge in [0.1, 0.15) is 5.76 Å². The van der Waals surface area contributed by atoms with Crippen LogP contribution in [0.25, 0.3) is 11.4 Å². The Bertz CT molecular complexity index is 1440. The highest BCUT2D eigenvalue weighted by Crippen LogP contribution is 2.25. The van der Waals surface area contributed by atoms with E-state index in [4.69, 9.17) is 4.42 Å². The van der Waals surface area contributed by atoms with Crippen molar-refractivity contribution in [3.05, 3.63) is 103 Å². The van der Waals surface area contributed by atoms with Crippen LogP contribution in [0.15, 0.2) is 117 Å². The first-order chi connectivity index (χ1) is 17.7. The van der Waals surface area contributed by atoms with Crippen molar-refractivity contribution in [2.45, 2.75) is 11.7 Å². The summed E-state index contributed by atoms with van der Waals surface area (Å²) in [5, 5.41) is 20.6. The molecule has 0 aliphatic heterocycles. The van der Waals surface area contributed by atoms with E-state index in [9.17, 15) is 4.79 Å². The Hall–Kier alpha value is -4.57. The Morgan fingerprint density at radius 3 is 2.44 bits per heavy atom. The molecule has 0 atom stereocenters. The molecule has 2 aromatic carbocycles. The predicted octanol–water partition coefficient (Wildman–Crippen LogP) is 6.13. The molecule has 0 radical (unpaired) electrons. The first-order valence-electron chi connectivity index (χ1n) is 11.1. The first kappa shape index (κ1) is 23.2. The van der Waals surface area contributed by atoms with Crippen molar-refractivity contribution in [3.63, 3.8) is 0 Å². The van der Waals surface area contributed by atoms with E-state index in [1.807, 2.05) is 59.2 Å². The second-order valence-corrected chi connectivity index (χ2v) is 8.58. The summed E-state index contributed by atoms with van der Waals surface area (Å²) in [5.41, 5.74) is 2.98. The molecule has 10 heteroatoms. The van der Waals surface area contributed by atoms with Crippen molar-refractivity contribution in [1.29, 1.82) is 0 Å². The van der Waals surface area contributed by atoms with E-state index in [1.54, 1.807) is 42.9 Å². The van der Waals surface area contributed by atoms with E-state index in [2.05, 4.69) is 30.7 Å². The number of anilines is 1. The molecule has 0 fully saturated rings. The number of amides is 1. The minimum absolute atomic E-state index is 0.158. The molecule has 3 aromatic heterocycles. The van der Waals surface area contributed by atoms with Crippen molar-refractivity contribution in [3.8, 4) is 11.4 Å². The second kappa shape index (κ2) is 11.2. The lowest BCUT2D eigenvalue weighted by Gasteiger charge is -2.09. The summed E-state index contributed by atoms with van der Waals surface area (Å²) in [6.07, 6.45) is 5.06. The average Bonchev–Trinajstić information content (AvgIpc) is 3.59. The molecule has 0 bridgehead atoms. The van der Waals surface area contributed by atoms with E-state index in [0.29, 0.717) is 28.9 Å². The van der Waals surface area contributed by atoms with E-state index < -0.39 is 0 Å². The van der Waals surface area contributed by atoms with Crippen LogP contribution in [0.3, 0.4) is 0 Å². The van der Waals surface area contributed by atoms with Crippen molar-refractivity contribution >= 4 is 34.7 Å². The van der Waals surface area contributed by atoms with Crippen LogP contribution in [0, 0.1) is 0 Å². The minimum atomic E-state index is -0.158. The molecule has 0 saturated carbocycles. The number of nitrogens with one attached hydrogen (secondary N) is 1. The van der Waals surface area contributed by atoms with Gasteiger partial charge >= 0.3 is 0 Å². The molecule has 0 saturated heterocycles. The largest absolute Gasteiger partial charge is 0.467 e. The number of pyridine rings is 1. The van der Waals surface area contributed by atoms with Gasteiger partial charge in [0.05, 0.1) is 29.9 Å². The Kier molecular flexibility index (Phi) is 7.24. The molecule has 3 heterocycles. The molecule has 9 nitrogen and oxygen atoms in total. The van der Waals surface area contributed by atoms with Crippen LogP contribution >= 0.6 is 11.8 Å². The zero-order valence-electron chi connectivity index (χ0n) is 19.1. The number of hydrogen-bond donors (Lipinski definition) is 1. The van der Waals surface area contributed by atoms with Gasteiger partial charge in [-0.25, -0.2) is 0 Å². The lowest BCUT2D eigenvalue weighted by Crippen LogP contribution is -2.14. The number of thioether (sulfide) groups is 1. The minimum Gasteiger partial charge on any atom is -0.467 e. The number of aromatic nitrogens is 4. The highest BCUT2D eigenvalue weighted by Gasteiger charge is 2.17. The molecule has 5 aromatic rings. The highest BCUT2D eigenvalue weighted by atomic mass is 32.2. The summed E-state index contributed by atoms with van der Waals surface area (Å²) < 4.78 is 7.43. The molecule has 5 rings (SSSR count). The Labute approximate surface area is 211 Å². The highest BCUT2D eigenvalue weighted by molar-refractivity contribution is 7.99. The smallest absolute Gasteiger partial charge is 0.234 e. The summed E-state index contributed by atoms with van der Waals surface area (Å²) in [5.74, 6) is 1.42. The quantitative estimate of drug-likeness (QED) is 0.195. The van der Waals surface area contributed by atoms with Gasteiger partial charge in [0.25, 0.3) is 0 Å². The van der Waals surface area contributed by atoms with Gasteiger partial charge in [-0.3, -0.25) is 14.3 Å². The molecular weight excluding hydrogens is 474 g/mol. The molecule has 0 aliphatic carbocycles. The SMILES string of the molecule is O=C(CSc1nnc(-c2cccnc2)n1Cc1ccco1)Nc1ccc(N=Nc2ccccc2)cc1. The summed E-state index contributed by atoms with van der Waals surface area (Å²) in [6.45, 7) is 0.438. The van der Waals surface area contributed by atoms with Gasteiger partial charge in [-0.2, -0.15) is 10.2 Å². The van der Waals surface area contributed by atoms with Crippen LogP contribution in [0.2, 0.25) is 0 Å². The lowest BCUT2D eigenvalue weighted by atomic mass is 10.2. The van der Waals surface area contributed by atoms with Gasteiger partial charge in [0.15, 0.2) is 11.0 Å². The zero-order valence-corrected chi connectivity index (χ0v) is 19.9. The van der Waals surface area contributed by atoms with E-state index in [0.717, 1.165) is 17.0 Å². The molecule has 1 N–H and O–H groups in total. The number of furan rings is 1. The van der Waals surface area contributed by atoms with Gasteiger partial charge < -0.3 is 9.73 Å². The molecular formula is C26H21N7O2S. The molecule has 1 amide bonds.